The molecule has 0 amide bonds. The summed E-state index contributed by atoms with van der Waals surface area (Å²) >= 11 is 0. The minimum atomic E-state index is -4.30. The lowest BCUT2D eigenvalue weighted by Crippen LogP contribution is -2.22. The number of rotatable bonds is 5. The molecule has 0 saturated carbocycles. The Morgan fingerprint density at radius 3 is 2.81 bits per heavy atom. The fourth-order valence-electron chi connectivity index (χ4n) is 1.20. The smallest absolute Gasteiger partial charge is 0.351 e. The van der Waals surface area contributed by atoms with Gasteiger partial charge in [-0.05, 0) is 6.92 Å². The molecule has 4 nitrogen and oxygen atoms in total. The van der Waals surface area contributed by atoms with E-state index < -0.39 is 12.8 Å². The third-order valence-corrected chi connectivity index (χ3v) is 1.80. The number of hydrogen-bond donors (Lipinski definition) is 1. The van der Waals surface area contributed by atoms with Gasteiger partial charge in [0, 0.05) is 24.9 Å². The van der Waals surface area contributed by atoms with Gasteiger partial charge in [-0.1, -0.05) is 0 Å². The Bertz CT molecular complexity index is 322. The lowest BCUT2D eigenvalue weighted by Gasteiger charge is -2.11. The molecule has 0 aromatic carbocycles. The van der Waals surface area contributed by atoms with Gasteiger partial charge in [0.15, 0.2) is 0 Å². The van der Waals surface area contributed by atoms with E-state index in [4.69, 9.17) is 5.73 Å². The first-order valence-corrected chi connectivity index (χ1v) is 4.78. The zero-order valence-electron chi connectivity index (χ0n) is 8.87. The Labute approximate surface area is 91.2 Å². The highest BCUT2D eigenvalue weighted by Crippen LogP contribution is 2.14. The minimum absolute atomic E-state index is 0.0937. The highest BCUT2D eigenvalue weighted by atomic mass is 19.4. The molecule has 0 saturated heterocycles. The van der Waals surface area contributed by atoms with Crippen molar-refractivity contribution in [2.75, 3.05) is 6.61 Å². The Morgan fingerprint density at radius 2 is 2.25 bits per heavy atom. The highest BCUT2D eigenvalue weighted by molar-refractivity contribution is 4.93. The number of ether oxygens (including phenoxy) is 1. The van der Waals surface area contributed by atoms with Crippen molar-refractivity contribution in [3.05, 3.63) is 18.2 Å². The van der Waals surface area contributed by atoms with Gasteiger partial charge in [0.05, 0.1) is 0 Å². The van der Waals surface area contributed by atoms with Crippen molar-refractivity contribution in [2.45, 2.75) is 32.3 Å². The number of halogens is 3. The van der Waals surface area contributed by atoms with Crippen LogP contribution >= 0.6 is 0 Å². The molecular formula is C9H14F3N3O. The number of nitrogens with two attached hydrogens (primary N) is 1. The molecule has 1 unspecified atom stereocenters. The van der Waals surface area contributed by atoms with Gasteiger partial charge >= 0.3 is 6.18 Å². The van der Waals surface area contributed by atoms with Crippen LogP contribution in [0.1, 0.15) is 12.7 Å². The lowest BCUT2D eigenvalue weighted by atomic mass is 10.2. The number of nitrogens with zero attached hydrogens (tertiary/aromatic N) is 2. The maximum Gasteiger partial charge on any atom is 0.411 e. The first kappa shape index (κ1) is 13.0. The maximum absolute atomic E-state index is 11.8. The van der Waals surface area contributed by atoms with Crippen molar-refractivity contribution in [1.29, 1.82) is 0 Å². The number of imidazole rings is 1. The summed E-state index contributed by atoms with van der Waals surface area (Å²) in [5.41, 5.74) is 5.58. The molecule has 1 heterocycles. The molecule has 0 aliphatic heterocycles. The molecule has 92 valence electrons. The van der Waals surface area contributed by atoms with Crippen LogP contribution in [0.15, 0.2) is 12.4 Å². The zero-order chi connectivity index (χ0) is 12.2. The molecule has 0 aliphatic rings. The fraction of sp³-hybridized carbons (Fsp3) is 0.667. The Hall–Kier alpha value is -1.08. The third-order valence-electron chi connectivity index (χ3n) is 1.80. The molecule has 0 radical (unpaired) electrons. The third kappa shape index (κ3) is 4.63. The largest absolute Gasteiger partial charge is 0.411 e. The zero-order valence-corrected chi connectivity index (χ0v) is 8.87. The van der Waals surface area contributed by atoms with Gasteiger partial charge in [0.25, 0.3) is 0 Å². The van der Waals surface area contributed by atoms with E-state index in [2.05, 4.69) is 9.72 Å². The highest BCUT2D eigenvalue weighted by Gasteiger charge is 2.27. The van der Waals surface area contributed by atoms with Crippen LogP contribution in [0.3, 0.4) is 0 Å². The molecule has 1 aromatic rings. The van der Waals surface area contributed by atoms with Gasteiger partial charge in [0.2, 0.25) is 0 Å². The molecular weight excluding hydrogens is 223 g/mol. The van der Waals surface area contributed by atoms with E-state index in [-0.39, 0.29) is 12.8 Å². The van der Waals surface area contributed by atoms with E-state index in [1.807, 2.05) is 0 Å². The van der Waals surface area contributed by atoms with Crippen LogP contribution in [0, 0.1) is 0 Å². The topological polar surface area (TPSA) is 53.1 Å². The molecule has 16 heavy (non-hydrogen) atoms. The van der Waals surface area contributed by atoms with Crippen LogP contribution in [-0.4, -0.2) is 28.4 Å². The van der Waals surface area contributed by atoms with Gasteiger partial charge < -0.3 is 15.0 Å². The first-order valence-electron chi connectivity index (χ1n) is 4.78. The van der Waals surface area contributed by atoms with Crippen LogP contribution in [0.5, 0.6) is 0 Å². The fourth-order valence-corrected chi connectivity index (χ4v) is 1.20. The molecule has 1 aromatic heterocycles. The quantitative estimate of drug-likeness (QED) is 0.840. The first-order chi connectivity index (χ1) is 7.38. The molecule has 0 spiro atoms. The van der Waals surface area contributed by atoms with E-state index in [0.717, 1.165) is 0 Å². The lowest BCUT2D eigenvalue weighted by molar-refractivity contribution is -0.182. The summed E-state index contributed by atoms with van der Waals surface area (Å²) in [5.74, 6) is 0.622. The van der Waals surface area contributed by atoms with E-state index >= 15 is 0 Å². The summed E-state index contributed by atoms with van der Waals surface area (Å²) < 4.78 is 41.5. The normalized spacial score (nSPS) is 14.1. The second-order valence-corrected chi connectivity index (χ2v) is 3.59. The van der Waals surface area contributed by atoms with E-state index in [9.17, 15) is 13.2 Å². The maximum atomic E-state index is 11.8. The second kappa shape index (κ2) is 5.31. The summed E-state index contributed by atoms with van der Waals surface area (Å²) in [7, 11) is 0. The van der Waals surface area contributed by atoms with E-state index in [1.54, 1.807) is 13.1 Å². The molecule has 0 fully saturated rings. The predicted molar refractivity (Wildman–Crippen MR) is 51.6 cm³/mol. The molecule has 1 rings (SSSR count). The number of hydrogen-bond acceptors (Lipinski definition) is 3. The molecule has 2 N–H and O–H groups in total. The van der Waals surface area contributed by atoms with Crippen LogP contribution in [0.2, 0.25) is 0 Å². The van der Waals surface area contributed by atoms with Crippen molar-refractivity contribution in [2.24, 2.45) is 5.73 Å². The molecule has 1 atom stereocenters. The predicted octanol–water partition coefficient (Wildman–Crippen LogP) is 1.31. The summed E-state index contributed by atoms with van der Waals surface area (Å²) in [6.45, 7) is 0.375. The average molecular weight is 237 g/mol. The Morgan fingerprint density at radius 1 is 1.56 bits per heavy atom. The average Bonchev–Trinajstić information content (AvgIpc) is 2.49. The molecule has 0 aliphatic carbocycles. The minimum Gasteiger partial charge on any atom is -0.351 e. The van der Waals surface area contributed by atoms with Crippen molar-refractivity contribution >= 4 is 0 Å². The summed E-state index contributed by atoms with van der Waals surface area (Å²) in [6, 6.07) is -0.0937. The summed E-state index contributed by atoms with van der Waals surface area (Å²) in [5, 5.41) is 0. The molecule has 0 bridgehead atoms. The van der Waals surface area contributed by atoms with Gasteiger partial charge in [-0.3, -0.25) is 0 Å². The van der Waals surface area contributed by atoms with Gasteiger partial charge in [0.1, 0.15) is 19.2 Å². The van der Waals surface area contributed by atoms with Gasteiger partial charge in [-0.25, -0.2) is 4.98 Å². The Kier molecular flexibility index (Phi) is 4.31. The van der Waals surface area contributed by atoms with Crippen LogP contribution in [0.25, 0.3) is 0 Å². The van der Waals surface area contributed by atoms with Crippen LogP contribution < -0.4 is 5.73 Å². The molecule has 7 heteroatoms. The van der Waals surface area contributed by atoms with Crippen LogP contribution in [0.4, 0.5) is 13.2 Å². The van der Waals surface area contributed by atoms with Crippen molar-refractivity contribution < 1.29 is 17.9 Å². The Balaban J connectivity index is 2.45. The number of aromatic nitrogens is 2. The standard InChI is InChI=1S/C9H14F3N3O/c1-7(13)4-8-14-2-3-15(8)6-16-5-9(10,11)12/h2-3,7H,4-6,13H2,1H3. The van der Waals surface area contributed by atoms with Crippen molar-refractivity contribution in [1.82, 2.24) is 9.55 Å². The van der Waals surface area contributed by atoms with Gasteiger partial charge in [-0.15, -0.1) is 0 Å². The van der Waals surface area contributed by atoms with E-state index in [1.165, 1.54) is 10.8 Å². The van der Waals surface area contributed by atoms with Crippen LogP contribution in [-0.2, 0) is 17.9 Å². The van der Waals surface area contributed by atoms with Crippen molar-refractivity contribution in [3.63, 3.8) is 0 Å². The number of alkyl halides is 3. The summed E-state index contributed by atoms with van der Waals surface area (Å²) in [4.78, 5) is 3.99. The van der Waals surface area contributed by atoms with Crippen molar-refractivity contribution in [3.8, 4) is 0 Å². The second-order valence-electron chi connectivity index (χ2n) is 3.59. The SMILES string of the molecule is CC(N)Cc1nccn1COCC(F)(F)F. The van der Waals surface area contributed by atoms with E-state index in [0.29, 0.717) is 12.2 Å². The van der Waals surface area contributed by atoms with Gasteiger partial charge in [-0.2, -0.15) is 13.2 Å². The monoisotopic (exact) mass is 237 g/mol. The summed E-state index contributed by atoms with van der Waals surface area (Å²) in [6.07, 6.45) is -0.729.